The molecule has 0 aromatic carbocycles. The largest absolute Gasteiger partial charge is 0.311 e. The van der Waals surface area contributed by atoms with Crippen molar-refractivity contribution >= 4 is 0 Å². The van der Waals surface area contributed by atoms with Crippen LogP contribution in [0.25, 0.3) is 0 Å². The van der Waals surface area contributed by atoms with E-state index in [0.29, 0.717) is 5.54 Å². The molecular weight excluding hydrogens is 230 g/mol. The minimum Gasteiger partial charge on any atom is -0.311 e. The molecule has 0 aliphatic carbocycles. The fraction of sp³-hybridized carbons (Fsp3) is 1.00. The van der Waals surface area contributed by atoms with Crippen LogP contribution in [0.5, 0.6) is 0 Å². The first-order valence-corrected chi connectivity index (χ1v) is 8.60. The van der Waals surface area contributed by atoms with Gasteiger partial charge in [0.05, 0.1) is 0 Å². The van der Waals surface area contributed by atoms with E-state index in [1.165, 1.54) is 32.2 Å². The third kappa shape index (κ3) is 3.97. The van der Waals surface area contributed by atoms with E-state index in [2.05, 4.69) is 53.8 Å². The van der Waals surface area contributed by atoms with Crippen LogP contribution in [-0.2, 0) is 0 Å². The summed E-state index contributed by atoms with van der Waals surface area (Å²) in [6.45, 7) is 18.1. The number of hydrogen-bond acceptors (Lipinski definition) is 1. The molecule has 1 nitrogen and oxygen atoms in total. The van der Waals surface area contributed by atoms with Crippen molar-refractivity contribution in [2.75, 3.05) is 6.54 Å². The Hall–Kier alpha value is -0.0400. The van der Waals surface area contributed by atoms with Crippen LogP contribution in [0.2, 0.25) is 0 Å². The Balaban J connectivity index is 2.86. The SMILES string of the molecule is CCC[C@@H](C)[C@H]1CN[C@](C)(CC)[C@H]1C(C)CC(C)C. The topological polar surface area (TPSA) is 12.0 Å². The molecule has 1 heteroatoms. The quantitative estimate of drug-likeness (QED) is 0.676. The molecule has 0 aromatic heterocycles. The lowest BCUT2D eigenvalue weighted by molar-refractivity contribution is 0.131. The van der Waals surface area contributed by atoms with Crippen molar-refractivity contribution in [1.82, 2.24) is 5.32 Å². The van der Waals surface area contributed by atoms with Gasteiger partial charge in [-0.15, -0.1) is 0 Å². The zero-order valence-electron chi connectivity index (χ0n) is 14.4. The van der Waals surface area contributed by atoms with Gasteiger partial charge in [-0.25, -0.2) is 0 Å². The smallest absolute Gasteiger partial charge is 0.0184 e. The van der Waals surface area contributed by atoms with Gasteiger partial charge in [-0.3, -0.25) is 0 Å². The van der Waals surface area contributed by atoms with Crippen molar-refractivity contribution in [1.29, 1.82) is 0 Å². The lowest BCUT2D eigenvalue weighted by atomic mass is 9.66. The van der Waals surface area contributed by atoms with Gasteiger partial charge in [0, 0.05) is 5.54 Å². The molecule has 1 rings (SSSR count). The summed E-state index contributed by atoms with van der Waals surface area (Å²) in [6.07, 6.45) is 5.34. The van der Waals surface area contributed by atoms with Gasteiger partial charge in [0.15, 0.2) is 0 Å². The highest BCUT2D eigenvalue weighted by Crippen LogP contribution is 2.45. The highest BCUT2D eigenvalue weighted by Gasteiger charge is 2.47. The monoisotopic (exact) mass is 267 g/mol. The minimum absolute atomic E-state index is 0.362. The second-order valence-electron chi connectivity index (χ2n) is 7.71. The molecular formula is C18H37N. The highest BCUT2D eigenvalue weighted by atomic mass is 15.0. The first kappa shape index (κ1) is 17.0. The third-order valence-corrected chi connectivity index (χ3v) is 5.60. The van der Waals surface area contributed by atoms with Gasteiger partial charge >= 0.3 is 0 Å². The molecule has 0 spiro atoms. The zero-order valence-corrected chi connectivity index (χ0v) is 14.4. The average Bonchev–Trinajstić information content (AvgIpc) is 2.67. The maximum atomic E-state index is 3.88. The maximum absolute atomic E-state index is 3.88. The molecule has 0 radical (unpaired) electrons. The molecule has 1 fully saturated rings. The minimum atomic E-state index is 0.362. The van der Waals surface area contributed by atoms with E-state index in [1.54, 1.807) is 0 Å². The van der Waals surface area contributed by atoms with Crippen LogP contribution in [0.15, 0.2) is 0 Å². The van der Waals surface area contributed by atoms with Crippen LogP contribution in [0, 0.1) is 29.6 Å². The third-order valence-electron chi connectivity index (χ3n) is 5.60. The first-order chi connectivity index (χ1) is 8.85. The van der Waals surface area contributed by atoms with Gasteiger partial charge in [-0.2, -0.15) is 0 Å². The zero-order chi connectivity index (χ0) is 14.6. The van der Waals surface area contributed by atoms with Crippen LogP contribution in [-0.4, -0.2) is 12.1 Å². The van der Waals surface area contributed by atoms with Crippen molar-refractivity contribution in [3.8, 4) is 0 Å². The van der Waals surface area contributed by atoms with Crippen molar-refractivity contribution in [3.05, 3.63) is 0 Å². The molecule has 0 amide bonds. The Bertz CT molecular complexity index is 260. The first-order valence-electron chi connectivity index (χ1n) is 8.60. The van der Waals surface area contributed by atoms with Crippen molar-refractivity contribution in [3.63, 3.8) is 0 Å². The summed E-state index contributed by atoms with van der Waals surface area (Å²) in [5.41, 5.74) is 0.362. The van der Waals surface area contributed by atoms with Crippen LogP contribution in [0.1, 0.15) is 74.1 Å². The van der Waals surface area contributed by atoms with E-state index in [9.17, 15) is 0 Å². The molecule has 0 saturated carbocycles. The summed E-state index contributed by atoms with van der Waals surface area (Å²) in [4.78, 5) is 0. The molecule has 0 bridgehead atoms. The molecule has 1 aliphatic heterocycles. The van der Waals surface area contributed by atoms with Gasteiger partial charge in [0.1, 0.15) is 0 Å². The lowest BCUT2D eigenvalue weighted by Gasteiger charge is -2.39. The molecule has 1 saturated heterocycles. The summed E-state index contributed by atoms with van der Waals surface area (Å²) in [5.74, 6) is 4.24. The normalized spacial score (nSPS) is 34.7. The van der Waals surface area contributed by atoms with E-state index in [-0.39, 0.29) is 0 Å². The average molecular weight is 268 g/mol. The number of nitrogens with one attached hydrogen (secondary N) is 1. The Morgan fingerprint density at radius 1 is 1.11 bits per heavy atom. The Morgan fingerprint density at radius 3 is 2.21 bits per heavy atom. The van der Waals surface area contributed by atoms with E-state index >= 15 is 0 Å². The number of rotatable bonds is 7. The molecule has 1 aliphatic rings. The van der Waals surface area contributed by atoms with Crippen LogP contribution in [0.3, 0.4) is 0 Å². The Kier molecular flexibility index (Phi) is 6.36. The number of hydrogen-bond donors (Lipinski definition) is 1. The fourth-order valence-corrected chi connectivity index (χ4v) is 4.59. The molecule has 19 heavy (non-hydrogen) atoms. The predicted molar refractivity (Wildman–Crippen MR) is 86.4 cm³/mol. The summed E-state index contributed by atoms with van der Waals surface area (Å²) < 4.78 is 0. The van der Waals surface area contributed by atoms with Crippen molar-refractivity contribution in [2.24, 2.45) is 29.6 Å². The van der Waals surface area contributed by atoms with Crippen LogP contribution in [0.4, 0.5) is 0 Å². The van der Waals surface area contributed by atoms with Gasteiger partial charge in [0.2, 0.25) is 0 Å². The summed E-state index contributed by atoms with van der Waals surface area (Å²) in [7, 11) is 0. The van der Waals surface area contributed by atoms with Crippen LogP contribution < -0.4 is 5.32 Å². The van der Waals surface area contributed by atoms with Gasteiger partial charge in [0.25, 0.3) is 0 Å². The Labute approximate surface area is 121 Å². The van der Waals surface area contributed by atoms with Gasteiger partial charge in [-0.05, 0) is 55.9 Å². The van der Waals surface area contributed by atoms with E-state index < -0.39 is 0 Å². The summed E-state index contributed by atoms with van der Waals surface area (Å²) in [5, 5.41) is 3.88. The second-order valence-corrected chi connectivity index (χ2v) is 7.71. The standard InChI is InChI=1S/C18H37N/c1-8-10-14(5)16-12-19-18(7,9-2)17(16)15(6)11-13(3)4/h13-17,19H,8-12H2,1-7H3/t14-,15?,16-,17+,18-/m1/s1. The summed E-state index contributed by atoms with van der Waals surface area (Å²) >= 11 is 0. The molecule has 1 heterocycles. The van der Waals surface area contributed by atoms with E-state index in [1.807, 2.05) is 0 Å². The Morgan fingerprint density at radius 2 is 1.74 bits per heavy atom. The molecule has 0 aromatic rings. The van der Waals surface area contributed by atoms with Gasteiger partial charge < -0.3 is 5.32 Å². The van der Waals surface area contributed by atoms with E-state index in [4.69, 9.17) is 0 Å². The van der Waals surface area contributed by atoms with Crippen LogP contribution >= 0.6 is 0 Å². The fourth-order valence-electron chi connectivity index (χ4n) is 4.59. The van der Waals surface area contributed by atoms with E-state index in [0.717, 1.165) is 29.6 Å². The molecule has 1 N–H and O–H groups in total. The summed E-state index contributed by atoms with van der Waals surface area (Å²) in [6, 6.07) is 0. The molecule has 1 unspecified atom stereocenters. The van der Waals surface area contributed by atoms with Crippen molar-refractivity contribution in [2.45, 2.75) is 79.7 Å². The predicted octanol–water partition coefficient (Wildman–Crippen LogP) is 5.11. The van der Waals surface area contributed by atoms with Gasteiger partial charge in [-0.1, -0.05) is 54.4 Å². The maximum Gasteiger partial charge on any atom is 0.0184 e. The lowest BCUT2D eigenvalue weighted by Crippen LogP contribution is -2.44. The molecule has 5 atom stereocenters. The highest BCUT2D eigenvalue weighted by molar-refractivity contribution is 5.02. The molecule has 114 valence electrons. The second kappa shape index (κ2) is 7.11. The van der Waals surface area contributed by atoms with Crippen molar-refractivity contribution < 1.29 is 0 Å².